The number of rotatable bonds is 5. The summed E-state index contributed by atoms with van der Waals surface area (Å²) in [6, 6.07) is 3.77. The molecule has 2 aliphatic rings. The van der Waals surface area contributed by atoms with Gasteiger partial charge in [0.25, 0.3) is 0 Å². The van der Waals surface area contributed by atoms with Crippen molar-refractivity contribution in [3.63, 3.8) is 0 Å². The normalized spacial score (nSPS) is 17.4. The standard InChI is InChI=1S/C21H26ClN3S.C3H6/c1-7-14(2)25-20(15(3)26-19-11-9-17(22)13-24-19)16-8-10-18(23-12-16)21(4,5)6;1-2-3-1/h7,9,11-13H,1,8,10H2,2-6H3;1-3H2/b20-15+,25-14?;. The van der Waals surface area contributed by atoms with Gasteiger partial charge in [0, 0.05) is 34.1 Å². The van der Waals surface area contributed by atoms with E-state index < -0.39 is 0 Å². The molecule has 0 unspecified atom stereocenters. The van der Waals surface area contributed by atoms with Gasteiger partial charge >= 0.3 is 0 Å². The highest BCUT2D eigenvalue weighted by Gasteiger charge is 2.22. The molecule has 1 aromatic rings. The highest BCUT2D eigenvalue weighted by molar-refractivity contribution is 8.03. The summed E-state index contributed by atoms with van der Waals surface area (Å²) in [5, 5.41) is 1.53. The van der Waals surface area contributed by atoms with Crippen LogP contribution in [0.5, 0.6) is 0 Å². The molecule has 0 saturated heterocycles. The highest BCUT2D eigenvalue weighted by atomic mass is 35.5. The van der Waals surface area contributed by atoms with Gasteiger partial charge in [0.2, 0.25) is 0 Å². The number of halogens is 1. The first-order chi connectivity index (χ1) is 13.7. The second kappa shape index (κ2) is 10.9. The maximum atomic E-state index is 5.93. The molecule has 156 valence electrons. The molecule has 29 heavy (non-hydrogen) atoms. The van der Waals surface area contributed by atoms with Crippen molar-refractivity contribution in [2.45, 2.75) is 71.7 Å². The van der Waals surface area contributed by atoms with Crippen molar-refractivity contribution in [1.29, 1.82) is 0 Å². The Morgan fingerprint density at radius 3 is 2.31 bits per heavy atom. The van der Waals surface area contributed by atoms with Crippen molar-refractivity contribution in [3.05, 3.63) is 58.4 Å². The van der Waals surface area contributed by atoms with Gasteiger partial charge in [0.1, 0.15) is 5.03 Å². The Hall–Kier alpha value is -1.65. The summed E-state index contributed by atoms with van der Waals surface area (Å²) >= 11 is 7.52. The average molecular weight is 430 g/mol. The van der Waals surface area contributed by atoms with Crippen LogP contribution in [0.4, 0.5) is 0 Å². The Morgan fingerprint density at radius 1 is 1.17 bits per heavy atom. The zero-order valence-electron chi connectivity index (χ0n) is 18.3. The third-order valence-electron chi connectivity index (χ3n) is 4.41. The number of aromatic nitrogens is 1. The average Bonchev–Trinajstić information content (AvgIpc) is 3.56. The first kappa shape index (κ1) is 23.6. The molecule has 1 saturated carbocycles. The van der Waals surface area contributed by atoms with Crippen LogP contribution in [-0.4, -0.2) is 16.4 Å². The summed E-state index contributed by atoms with van der Waals surface area (Å²) in [7, 11) is 0. The summed E-state index contributed by atoms with van der Waals surface area (Å²) in [4.78, 5) is 15.0. The molecule has 3 rings (SSSR count). The molecule has 0 radical (unpaired) electrons. The fourth-order valence-corrected chi connectivity index (χ4v) is 3.45. The van der Waals surface area contributed by atoms with Crippen LogP contribution >= 0.6 is 23.4 Å². The summed E-state index contributed by atoms with van der Waals surface area (Å²) in [6.07, 6.45) is 11.8. The van der Waals surface area contributed by atoms with E-state index >= 15 is 0 Å². The van der Waals surface area contributed by atoms with E-state index in [4.69, 9.17) is 21.6 Å². The maximum absolute atomic E-state index is 5.93. The lowest BCUT2D eigenvalue weighted by Crippen LogP contribution is -2.22. The minimum atomic E-state index is 0.100. The third-order valence-corrected chi connectivity index (χ3v) is 5.58. The molecule has 0 atom stereocenters. The van der Waals surface area contributed by atoms with E-state index in [1.54, 1.807) is 24.0 Å². The smallest absolute Gasteiger partial charge is 0.101 e. The molecular weight excluding hydrogens is 398 g/mol. The second-order valence-electron chi connectivity index (χ2n) is 8.32. The molecule has 0 bridgehead atoms. The molecule has 0 spiro atoms. The molecule has 0 aromatic carbocycles. The predicted molar refractivity (Wildman–Crippen MR) is 129 cm³/mol. The first-order valence-corrected chi connectivity index (χ1v) is 11.3. The van der Waals surface area contributed by atoms with Crippen molar-refractivity contribution >= 4 is 34.8 Å². The van der Waals surface area contributed by atoms with Crippen LogP contribution < -0.4 is 0 Å². The van der Waals surface area contributed by atoms with E-state index in [1.165, 1.54) is 25.0 Å². The molecule has 5 heteroatoms. The van der Waals surface area contributed by atoms with Gasteiger partial charge in [-0.05, 0) is 50.5 Å². The number of nitrogens with zero attached hydrogens (tertiary/aromatic N) is 3. The van der Waals surface area contributed by atoms with Crippen molar-refractivity contribution in [1.82, 2.24) is 4.98 Å². The van der Waals surface area contributed by atoms with E-state index in [0.717, 1.165) is 39.8 Å². The number of thioether (sulfide) groups is 1. The maximum Gasteiger partial charge on any atom is 0.101 e. The van der Waals surface area contributed by atoms with Crippen LogP contribution in [0, 0.1) is 5.41 Å². The number of pyridine rings is 1. The third kappa shape index (κ3) is 8.31. The monoisotopic (exact) mass is 429 g/mol. The van der Waals surface area contributed by atoms with Gasteiger partial charge in [-0.2, -0.15) is 0 Å². The topological polar surface area (TPSA) is 37.6 Å². The van der Waals surface area contributed by atoms with Gasteiger partial charge in [-0.1, -0.05) is 70.0 Å². The molecule has 0 N–H and O–H groups in total. The second-order valence-corrected chi connectivity index (χ2v) is 9.99. The van der Waals surface area contributed by atoms with Crippen LogP contribution in [0.1, 0.15) is 66.7 Å². The van der Waals surface area contributed by atoms with Crippen LogP contribution in [0.3, 0.4) is 0 Å². The van der Waals surface area contributed by atoms with Crippen molar-refractivity contribution in [2.75, 3.05) is 0 Å². The first-order valence-electron chi connectivity index (χ1n) is 10.2. The van der Waals surface area contributed by atoms with E-state index in [1.807, 2.05) is 25.3 Å². The molecule has 1 aliphatic heterocycles. The lowest BCUT2D eigenvalue weighted by molar-refractivity contribution is 0.573. The van der Waals surface area contributed by atoms with Gasteiger partial charge in [-0.15, -0.1) is 0 Å². The van der Waals surface area contributed by atoms with Crippen LogP contribution in [0.15, 0.2) is 68.4 Å². The fraction of sp³-hybridized carbons (Fsp3) is 0.458. The molecule has 2 heterocycles. The Labute approximate surface area is 185 Å². The fourth-order valence-electron chi connectivity index (χ4n) is 2.51. The van der Waals surface area contributed by atoms with Crippen LogP contribution in [0.25, 0.3) is 0 Å². The SMILES string of the molecule is C1CC1.C=CC(C)=N/C(C1=CN=C(C(C)(C)C)CC1)=C(\C)Sc1ccc(Cl)cn1. The van der Waals surface area contributed by atoms with Crippen LogP contribution in [-0.2, 0) is 0 Å². The lowest BCUT2D eigenvalue weighted by atomic mass is 9.85. The van der Waals surface area contributed by atoms with Gasteiger partial charge in [0.15, 0.2) is 0 Å². The Balaban J connectivity index is 0.000000912. The summed E-state index contributed by atoms with van der Waals surface area (Å²) in [5.74, 6) is 0. The largest absolute Gasteiger partial charge is 0.265 e. The Kier molecular flexibility index (Phi) is 8.91. The van der Waals surface area contributed by atoms with Crippen molar-refractivity contribution < 1.29 is 0 Å². The summed E-state index contributed by atoms with van der Waals surface area (Å²) in [6.45, 7) is 14.5. The van der Waals surface area contributed by atoms with E-state index in [-0.39, 0.29) is 5.41 Å². The van der Waals surface area contributed by atoms with Gasteiger partial charge < -0.3 is 0 Å². The molecule has 1 fully saturated rings. The Morgan fingerprint density at radius 2 is 1.86 bits per heavy atom. The lowest BCUT2D eigenvalue weighted by Gasteiger charge is -2.25. The van der Waals surface area contributed by atoms with E-state index in [9.17, 15) is 0 Å². The number of hydrogen-bond acceptors (Lipinski definition) is 4. The summed E-state index contributed by atoms with van der Waals surface area (Å²) < 4.78 is 0. The molecule has 1 aliphatic carbocycles. The molecule has 3 nitrogen and oxygen atoms in total. The quantitative estimate of drug-likeness (QED) is 0.350. The zero-order valence-corrected chi connectivity index (χ0v) is 19.8. The van der Waals surface area contributed by atoms with Gasteiger partial charge in [0.05, 0.1) is 10.7 Å². The van der Waals surface area contributed by atoms with Crippen molar-refractivity contribution in [3.8, 4) is 0 Å². The number of aliphatic imine (C=N–C) groups is 2. The molecule has 1 aromatic heterocycles. The number of hydrogen-bond donors (Lipinski definition) is 0. The van der Waals surface area contributed by atoms with Gasteiger partial charge in [-0.25, -0.2) is 4.98 Å². The van der Waals surface area contributed by atoms with E-state index in [2.05, 4.69) is 39.3 Å². The van der Waals surface area contributed by atoms with E-state index in [0.29, 0.717) is 5.02 Å². The van der Waals surface area contributed by atoms with Gasteiger partial charge in [-0.3, -0.25) is 9.98 Å². The van der Waals surface area contributed by atoms with Crippen molar-refractivity contribution in [2.24, 2.45) is 15.4 Å². The zero-order chi connectivity index (χ0) is 21.4. The molecular formula is C24H32ClN3S. The molecule has 0 amide bonds. The minimum Gasteiger partial charge on any atom is -0.265 e. The van der Waals surface area contributed by atoms with Crippen LogP contribution in [0.2, 0.25) is 5.02 Å². The highest BCUT2D eigenvalue weighted by Crippen LogP contribution is 2.35. The summed E-state index contributed by atoms with van der Waals surface area (Å²) in [5.41, 5.74) is 4.33. The Bertz CT molecular complexity index is 835. The predicted octanol–water partition coefficient (Wildman–Crippen LogP) is 8.04. The minimum absolute atomic E-state index is 0.100. The number of allylic oxidation sites excluding steroid dienone is 3.